The van der Waals surface area contributed by atoms with E-state index < -0.39 is 5.91 Å². The zero-order valence-electron chi connectivity index (χ0n) is 18.4. The quantitative estimate of drug-likeness (QED) is 0.610. The van der Waals surface area contributed by atoms with Gasteiger partial charge in [0, 0.05) is 25.1 Å². The van der Waals surface area contributed by atoms with E-state index in [2.05, 4.69) is 21.9 Å². The smallest absolute Gasteiger partial charge is 0.267 e. The monoisotopic (exact) mass is 440 g/mol. The first kappa shape index (κ1) is 21.8. The van der Waals surface area contributed by atoms with Gasteiger partial charge in [-0.2, -0.15) is 0 Å². The molecule has 1 aliphatic rings. The number of carbonyl (C=O) groups is 2. The van der Waals surface area contributed by atoms with Crippen molar-refractivity contribution in [1.29, 1.82) is 0 Å². The highest BCUT2D eigenvalue weighted by atomic mass is 16.2. The maximum atomic E-state index is 13.1. The SMILES string of the molecule is C=C1C(C(=O)Nc2ccc(Cc3ccnc(C(N)=O)c3)cn2)=C(C)N(C)N1c1ccccc1. The number of nitrogens with two attached hydrogens (primary N) is 1. The Hall–Kier alpha value is -4.46. The van der Waals surface area contributed by atoms with E-state index >= 15 is 0 Å². The number of primary amides is 1. The molecule has 0 aliphatic carbocycles. The van der Waals surface area contributed by atoms with Gasteiger partial charge in [-0.3, -0.25) is 24.6 Å². The van der Waals surface area contributed by atoms with Crippen molar-refractivity contribution in [1.82, 2.24) is 15.0 Å². The molecule has 3 heterocycles. The second-order valence-electron chi connectivity index (χ2n) is 7.67. The lowest BCUT2D eigenvalue weighted by atomic mass is 10.1. The van der Waals surface area contributed by atoms with Crippen LogP contribution < -0.4 is 16.1 Å². The van der Waals surface area contributed by atoms with Crippen molar-refractivity contribution in [3.05, 3.63) is 107 Å². The van der Waals surface area contributed by atoms with Crippen LogP contribution in [0, 0.1) is 0 Å². The number of nitrogens with zero attached hydrogens (tertiary/aromatic N) is 4. The van der Waals surface area contributed by atoms with Crippen LogP contribution in [0.2, 0.25) is 0 Å². The third kappa shape index (κ3) is 4.45. The van der Waals surface area contributed by atoms with Crippen LogP contribution in [0.1, 0.15) is 28.5 Å². The van der Waals surface area contributed by atoms with Crippen LogP contribution in [0.4, 0.5) is 11.5 Å². The van der Waals surface area contributed by atoms with Crippen molar-refractivity contribution >= 4 is 23.3 Å². The van der Waals surface area contributed by atoms with Gasteiger partial charge in [-0.05, 0) is 54.8 Å². The molecule has 2 amide bonds. The minimum atomic E-state index is -0.567. The highest BCUT2D eigenvalue weighted by Crippen LogP contribution is 2.34. The zero-order chi connectivity index (χ0) is 23.5. The fraction of sp³-hybridized carbons (Fsp3) is 0.120. The van der Waals surface area contributed by atoms with Crippen LogP contribution >= 0.6 is 0 Å². The average molecular weight is 441 g/mol. The van der Waals surface area contributed by atoms with Crippen LogP contribution in [0.5, 0.6) is 0 Å². The fourth-order valence-electron chi connectivity index (χ4n) is 3.74. The molecule has 2 aromatic heterocycles. The summed E-state index contributed by atoms with van der Waals surface area (Å²) in [6, 6.07) is 16.8. The van der Waals surface area contributed by atoms with Crippen molar-refractivity contribution in [3.8, 4) is 0 Å². The Kier molecular flexibility index (Phi) is 5.91. The van der Waals surface area contributed by atoms with E-state index in [0.717, 1.165) is 22.5 Å². The normalized spacial score (nSPS) is 13.5. The van der Waals surface area contributed by atoms with Crippen molar-refractivity contribution in [3.63, 3.8) is 0 Å². The molecule has 33 heavy (non-hydrogen) atoms. The van der Waals surface area contributed by atoms with E-state index in [0.29, 0.717) is 23.5 Å². The van der Waals surface area contributed by atoms with Gasteiger partial charge in [0.1, 0.15) is 11.5 Å². The Morgan fingerprint density at radius 3 is 2.48 bits per heavy atom. The van der Waals surface area contributed by atoms with Crippen molar-refractivity contribution < 1.29 is 9.59 Å². The molecule has 0 fully saturated rings. The lowest BCUT2D eigenvalue weighted by molar-refractivity contribution is -0.112. The van der Waals surface area contributed by atoms with Crippen LogP contribution in [0.25, 0.3) is 0 Å². The number of rotatable bonds is 6. The number of allylic oxidation sites excluding steroid dienone is 1. The molecule has 8 nitrogen and oxygen atoms in total. The summed E-state index contributed by atoms with van der Waals surface area (Å²) >= 11 is 0. The number of hydrazine groups is 1. The number of nitrogens with one attached hydrogen (secondary N) is 1. The molecule has 1 aromatic carbocycles. The van der Waals surface area contributed by atoms with Gasteiger partial charge in [0.25, 0.3) is 11.8 Å². The minimum absolute atomic E-state index is 0.222. The lowest BCUT2D eigenvalue weighted by Gasteiger charge is -2.29. The molecular formula is C25H24N6O2. The Balaban J connectivity index is 1.46. The van der Waals surface area contributed by atoms with Crippen molar-refractivity contribution in [2.24, 2.45) is 5.73 Å². The Labute approximate surface area is 192 Å². The van der Waals surface area contributed by atoms with Gasteiger partial charge in [-0.1, -0.05) is 30.8 Å². The van der Waals surface area contributed by atoms with Gasteiger partial charge in [0.2, 0.25) is 0 Å². The lowest BCUT2D eigenvalue weighted by Crippen LogP contribution is -2.32. The zero-order valence-corrected chi connectivity index (χ0v) is 18.4. The van der Waals surface area contributed by atoms with Gasteiger partial charge in [0.15, 0.2) is 0 Å². The highest BCUT2D eigenvalue weighted by molar-refractivity contribution is 6.08. The third-order valence-corrected chi connectivity index (χ3v) is 5.47. The molecule has 4 rings (SSSR count). The number of hydrogen-bond acceptors (Lipinski definition) is 6. The number of anilines is 2. The van der Waals surface area contributed by atoms with Gasteiger partial charge >= 0.3 is 0 Å². The summed E-state index contributed by atoms with van der Waals surface area (Å²) < 4.78 is 0. The summed E-state index contributed by atoms with van der Waals surface area (Å²) in [5.41, 5.74) is 10.1. The topological polar surface area (TPSA) is 104 Å². The third-order valence-electron chi connectivity index (χ3n) is 5.47. The number of hydrogen-bond donors (Lipinski definition) is 2. The Morgan fingerprint density at radius 2 is 1.82 bits per heavy atom. The molecule has 3 aromatic rings. The van der Waals surface area contributed by atoms with Gasteiger partial charge < -0.3 is 11.1 Å². The molecule has 1 aliphatic heterocycles. The summed E-state index contributed by atoms with van der Waals surface area (Å²) in [6.07, 6.45) is 3.80. The molecule has 166 valence electrons. The van der Waals surface area contributed by atoms with E-state index in [-0.39, 0.29) is 11.6 Å². The summed E-state index contributed by atoms with van der Waals surface area (Å²) in [5.74, 6) is -0.406. The van der Waals surface area contributed by atoms with E-state index in [4.69, 9.17) is 5.73 Å². The molecule has 0 spiro atoms. The van der Waals surface area contributed by atoms with E-state index in [1.54, 1.807) is 24.5 Å². The Morgan fingerprint density at radius 1 is 1.06 bits per heavy atom. The van der Waals surface area contributed by atoms with Gasteiger partial charge in [0.05, 0.1) is 17.0 Å². The van der Waals surface area contributed by atoms with Gasteiger partial charge in [-0.15, -0.1) is 0 Å². The number of carbonyl (C=O) groups excluding carboxylic acids is 2. The number of para-hydroxylation sites is 1. The molecule has 0 unspecified atom stereocenters. The molecule has 0 atom stereocenters. The number of pyridine rings is 2. The van der Waals surface area contributed by atoms with Crippen molar-refractivity contribution in [2.75, 3.05) is 17.4 Å². The molecule has 0 saturated heterocycles. The van der Waals surface area contributed by atoms with E-state index in [9.17, 15) is 9.59 Å². The van der Waals surface area contributed by atoms with Crippen LogP contribution in [-0.2, 0) is 11.2 Å². The maximum Gasteiger partial charge on any atom is 0.267 e. The molecular weight excluding hydrogens is 416 g/mol. The standard InChI is InChI=1S/C25H24N6O2/c1-16-23(17(2)31(30(16)3)20-7-5-4-6-8-20)25(33)29-22-10-9-19(15-28-22)13-18-11-12-27-21(14-18)24(26)32/h4-12,14-15H,2,13H2,1,3H3,(H2,26,32)(H,28,29,33). The van der Waals surface area contributed by atoms with Crippen LogP contribution in [-0.4, -0.2) is 33.8 Å². The van der Waals surface area contributed by atoms with Crippen LogP contribution in [0.15, 0.2) is 90.5 Å². The summed E-state index contributed by atoms with van der Waals surface area (Å²) in [4.78, 5) is 32.7. The highest BCUT2D eigenvalue weighted by Gasteiger charge is 2.33. The predicted molar refractivity (Wildman–Crippen MR) is 127 cm³/mol. The number of amides is 2. The number of aromatic nitrogens is 2. The predicted octanol–water partition coefficient (Wildman–Crippen LogP) is 3.26. The average Bonchev–Trinajstić information content (AvgIpc) is 3.04. The summed E-state index contributed by atoms with van der Waals surface area (Å²) in [7, 11) is 1.89. The largest absolute Gasteiger partial charge is 0.364 e. The molecule has 3 N–H and O–H groups in total. The van der Waals surface area contributed by atoms with Gasteiger partial charge in [-0.25, -0.2) is 4.98 Å². The van der Waals surface area contributed by atoms with Crippen molar-refractivity contribution in [2.45, 2.75) is 13.3 Å². The second kappa shape index (κ2) is 8.96. The maximum absolute atomic E-state index is 13.1. The molecule has 0 bridgehead atoms. The van der Waals surface area contributed by atoms with E-state index in [1.165, 1.54) is 0 Å². The summed E-state index contributed by atoms with van der Waals surface area (Å²) in [5, 5.41) is 6.66. The first-order valence-electron chi connectivity index (χ1n) is 10.3. The number of benzene rings is 1. The molecule has 8 heteroatoms. The fourth-order valence-corrected chi connectivity index (χ4v) is 3.74. The Bertz CT molecular complexity index is 1250. The first-order chi connectivity index (χ1) is 15.8. The summed E-state index contributed by atoms with van der Waals surface area (Å²) in [6.45, 7) is 6.03. The first-order valence-corrected chi connectivity index (χ1v) is 10.3. The minimum Gasteiger partial charge on any atom is -0.364 e. The second-order valence-corrected chi connectivity index (χ2v) is 7.67. The van der Waals surface area contributed by atoms with E-state index in [1.807, 2.05) is 66.5 Å². The molecule has 0 radical (unpaired) electrons. The molecule has 0 saturated carbocycles. The van der Waals surface area contributed by atoms with Crippen LogP contribution in [0.3, 0.4) is 0 Å².